The van der Waals surface area contributed by atoms with Gasteiger partial charge in [0.15, 0.2) is 0 Å². The molecule has 0 aromatic rings. The Balaban J connectivity index is 4.04. The van der Waals surface area contributed by atoms with Crippen molar-refractivity contribution in [1.82, 2.24) is 0 Å². The fraction of sp³-hybridized carbons (Fsp3) is 0.714. The van der Waals surface area contributed by atoms with Crippen molar-refractivity contribution in [2.24, 2.45) is 5.92 Å². The van der Waals surface area contributed by atoms with Gasteiger partial charge >= 0.3 is 5.97 Å². The summed E-state index contributed by atoms with van der Waals surface area (Å²) in [6.07, 6.45) is -0.814. The van der Waals surface area contributed by atoms with Crippen molar-refractivity contribution >= 4 is 5.97 Å². The van der Waals surface area contributed by atoms with Crippen LogP contribution in [0.15, 0.2) is 0 Å². The third-order valence-corrected chi connectivity index (χ3v) is 1.52. The Bertz CT molecular complexity index is 173. The van der Waals surface area contributed by atoms with E-state index in [2.05, 4.69) is 0 Å². The topological polar surface area (TPSA) is 81.3 Å². The minimum atomic E-state index is -1.05. The molecule has 2 atom stereocenters. The molecule has 0 aliphatic rings. The minimum Gasteiger partial charge on any atom is -0.481 e. The van der Waals surface area contributed by atoms with E-state index < -0.39 is 18.0 Å². The molecule has 62 valence electrons. The van der Waals surface area contributed by atoms with Crippen LogP contribution in [0.1, 0.15) is 19.8 Å². The first-order chi connectivity index (χ1) is 5.13. The van der Waals surface area contributed by atoms with Gasteiger partial charge in [-0.2, -0.15) is 5.26 Å². The van der Waals surface area contributed by atoms with Crippen LogP contribution >= 0.6 is 0 Å². The molecule has 0 radical (unpaired) electrons. The molecule has 0 aromatic carbocycles. The number of carboxylic acid groups (broad SMARTS) is 1. The Morgan fingerprint density at radius 2 is 2.27 bits per heavy atom. The summed E-state index contributed by atoms with van der Waals surface area (Å²) < 4.78 is 0. The maximum absolute atomic E-state index is 10.4. The van der Waals surface area contributed by atoms with Gasteiger partial charge in [-0.3, -0.25) is 4.79 Å². The van der Waals surface area contributed by atoms with Crippen LogP contribution in [0.4, 0.5) is 0 Å². The van der Waals surface area contributed by atoms with E-state index in [0.29, 0.717) is 6.42 Å². The lowest BCUT2D eigenvalue weighted by Gasteiger charge is -2.13. The van der Waals surface area contributed by atoms with Crippen molar-refractivity contribution in [1.29, 1.82) is 5.26 Å². The normalized spacial score (nSPS) is 15.0. The lowest BCUT2D eigenvalue weighted by molar-refractivity contribution is -0.145. The molecule has 0 aliphatic heterocycles. The number of carbonyl (C=O) groups is 1. The minimum absolute atomic E-state index is 0.120. The van der Waals surface area contributed by atoms with Gasteiger partial charge in [-0.15, -0.1) is 0 Å². The summed E-state index contributed by atoms with van der Waals surface area (Å²) in [5, 5.41) is 25.7. The van der Waals surface area contributed by atoms with E-state index >= 15 is 0 Å². The molecule has 4 nitrogen and oxygen atoms in total. The Morgan fingerprint density at radius 3 is 2.55 bits per heavy atom. The average Bonchev–Trinajstić information content (AvgIpc) is 1.88. The van der Waals surface area contributed by atoms with Crippen molar-refractivity contribution in [3.05, 3.63) is 0 Å². The number of aliphatic carboxylic acids is 1. The van der Waals surface area contributed by atoms with E-state index in [0.717, 1.165) is 0 Å². The van der Waals surface area contributed by atoms with Gasteiger partial charge in [0.25, 0.3) is 0 Å². The van der Waals surface area contributed by atoms with Crippen LogP contribution in [-0.2, 0) is 4.79 Å². The van der Waals surface area contributed by atoms with E-state index in [1.165, 1.54) is 0 Å². The molecule has 0 amide bonds. The summed E-state index contributed by atoms with van der Waals surface area (Å²) in [6, 6.07) is 1.72. The fourth-order valence-electron chi connectivity index (χ4n) is 0.847. The predicted octanol–water partition coefficient (Wildman–Crippen LogP) is 0.372. The lowest BCUT2D eigenvalue weighted by atomic mass is 9.98. The second-order valence-electron chi connectivity index (χ2n) is 2.28. The highest BCUT2D eigenvalue weighted by molar-refractivity contribution is 5.70. The third-order valence-electron chi connectivity index (χ3n) is 1.52. The summed E-state index contributed by atoms with van der Waals surface area (Å²) in [5.74, 6) is -1.86. The Kier molecular flexibility index (Phi) is 4.23. The van der Waals surface area contributed by atoms with Crippen LogP contribution in [0.5, 0.6) is 0 Å². The SMILES string of the molecule is CC[C@H](C(=O)O)C(O)CC#N. The first-order valence-corrected chi connectivity index (χ1v) is 3.41. The van der Waals surface area contributed by atoms with Crippen LogP contribution in [-0.4, -0.2) is 22.3 Å². The van der Waals surface area contributed by atoms with E-state index in [9.17, 15) is 4.79 Å². The average molecular weight is 157 g/mol. The Morgan fingerprint density at radius 1 is 1.73 bits per heavy atom. The second-order valence-corrected chi connectivity index (χ2v) is 2.28. The summed E-state index contributed by atoms with van der Waals surface area (Å²) in [4.78, 5) is 10.4. The molecule has 0 rings (SSSR count). The van der Waals surface area contributed by atoms with Crippen LogP contribution in [0, 0.1) is 17.2 Å². The quantitative estimate of drug-likeness (QED) is 0.617. The molecule has 0 saturated heterocycles. The van der Waals surface area contributed by atoms with Crippen molar-refractivity contribution in [3.63, 3.8) is 0 Å². The highest BCUT2D eigenvalue weighted by atomic mass is 16.4. The largest absolute Gasteiger partial charge is 0.481 e. The molecule has 0 aromatic heterocycles. The zero-order chi connectivity index (χ0) is 8.85. The molecule has 0 aliphatic carbocycles. The zero-order valence-electron chi connectivity index (χ0n) is 6.32. The van der Waals surface area contributed by atoms with Crippen LogP contribution in [0.3, 0.4) is 0 Å². The maximum atomic E-state index is 10.4. The molecular formula is C7H11NO3. The molecule has 2 N–H and O–H groups in total. The number of carboxylic acids is 1. The third kappa shape index (κ3) is 3.01. The lowest BCUT2D eigenvalue weighted by Crippen LogP contribution is -2.26. The Hall–Kier alpha value is -1.08. The van der Waals surface area contributed by atoms with Crippen molar-refractivity contribution in [2.45, 2.75) is 25.9 Å². The van der Waals surface area contributed by atoms with Crippen molar-refractivity contribution < 1.29 is 15.0 Å². The molecule has 0 heterocycles. The molecule has 0 bridgehead atoms. The number of aliphatic hydroxyl groups excluding tert-OH is 1. The van der Waals surface area contributed by atoms with Crippen molar-refractivity contribution in [2.75, 3.05) is 0 Å². The van der Waals surface area contributed by atoms with Gasteiger partial charge in [0.05, 0.1) is 24.5 Å². The van der Waals surface area contributed by atoms with Gasteiger partial charge in [0, 0.05) is 0 Å². The molecule has 0 saturated carbocycles. The summed E-state index contributed by atoms with van der Waals surface area (Å²) >= 11 is 0. The summed E-state index contributed by atoms with van der Waals surface area (Å²) in [7, 11) is 0. The molecule has 0 spiro atoms. The summed E-state index contributed by atoms with van der Waals surface area (Å²) in [6.45, 7) is 1.67. The summed E-state index contributed by atoms with van der Waals surface area (Å²) in [5.41, 5.74) is 0. The molecule has 4 heteroatoms. The first kappa shape index (κ1) is 9.92. The van der Waals surface area contributed by atoms with Gasteiger partial charge < -0.3 is 10.2 Å². The van der Waals surface area contributed by atoms with Crippen LogP contribution < -0.4 is 0 Å². The van der Waals surface area contributed by atoms with E-state index in [-0.39, 0.29) is 6.42 Å². The molecule has 1 unspecified atom stereocenters. The van der Waals surface area contributed by atoms with Gasteiger partial charge in [0.1, 0.15) is 0 Å². The predicted molar refractivity (Wildman–Crippen MR) is 37.7 cm³/mol. The number of rotatable bonds is 4. The first-order valence-electron chi connectivity index (χ1n) is 3.41. The van der Waals surface area contributed by atoms with Crippen LogP contribution in [0.25, 0.3) is 0 Å². The smallest absolute Gasteiger partial charge is 0.309 e. The highest BCUT2D eigenvalue weighted by Crippen LogP contribution is 2.11. The number of hydrogen-bond acceptors (Lipinski definition) is 3. The van der Waals surface area contributed by atoms with Gasteiger partial charge in [-0.05, 0) is 6.42 Å². The van der Waals surface area contributed by atoms with Crippen molar-refractivity contribution in [3.8, 4) is 6.07 Å². The van der Waals surface area contributed by atoms with E-state index in [1.54, 1.807) is 13.0 Å². The van der Waals surface area contributed by atoms with Crippen LogP contribution in [0.2, 0.25) is 0 Å². The maximum Gasteiger partial charge on any atom is 0.309 e. The van der Waals surface area contributed by atoms with E-state index in [1.807, 2.05) is 0 Å². The molecule has 0 fully saturated rings. The number of nitrogens with zero attached hydrogens (tertiary/aromatic N) is 1. The monoisotopic (exact) mass is 157 g/mol. The molecule has 11 heavy (non-hydrogen) atoms. The number of nitriles is 1. The second kappa shape index (κ2) is 4.69. The highest BCUT2D eigenvalue weighted by Gasteiger charge is 2.23. The van der Waals surface area contributed by atoms with Gasteiger partial charge in [-0.25, -0.2) is 0 Å². The standard InChI is InChI=1S/C7H11NO3/c1-2-5(7(10)11)6(9)3-4-8/h5-6,9H,2-3H2,1H3,(H,10,11)/t5-,6?/m0/s1. The fourth-order valence-corrected chi connectivity index (χ4v) is 0.847. The van der Waals surface area contributed by atoms with Gasteiger partial charge in [0.2, 0.25) is 0 Å². The number of hydrogen-bond donors (Lipinski definition) is 2. The zero-order valence-corrected chi connectivity index (χ0v) is 6.32. The number of aliphatic hydroxyl groups is 1. The van der Waals surface area contributed by atoms with E-state index in [4.69, 9.17) is 15.5 Å². The molecular weight excluding hydrogens is 146 g/mol. The Labute approximate surface area is 65.1 Å². The van der Waals surface area contributed by atoms with Gasteiger partial charge in [-0.1, -0.05) is 6.92 Å².